The minimum absolute atomic E-state index is 0.00337. The van der Waals surface area contributed by atoms with E-state index in [0.717, 1.165) is 44.9 Å². The zero-order valence-electron chi connectivity index (χ0n) is 15.0. The molecule has 134 valence electrons. The molecule has 0 spiro atoms. The van der Waals surface area contributed by atoms with Crippen LogP contribution in [0, 0.1) is 52.8 Å². The first-order chi connectivity index (χ1) is 11.2. The van der Waals surface area contributed by atoms with E-state index in [-0.39, 0.29) is 22.9 Å². The van der Waals surface area contributed by atoms with Crippen LogP contribution in [0.25, 0.3) is 0 Å². The lowest BCUT2D eigenvalue weighted by Crippen LogP contribution is -2.58. The molecule has 0 amide bonds. The fourth-order valence-corrected chi connectivity index (χ4v) is 7.57. The van der Waals surface area contributed by atoms with Crippen LogP contribution >= 0.6 is 0 Å². The van der Waals surface area contributed by atoms with Crippen molar-refractivity contribution in [3.63, 3.8) is 0 Å². The Bertz CT molecular complexity index is 564. The molecule has 3 N–H and O–H groups in total. The molecule has 4 aliphatic carbocycles. The van der Waals surface area contributed by atoms with Crippen molar-refractivity contribution in [2.75, 3.05) is 0 Å². The second-order valence-electron chi connectivity index (χ2n) is 9.68. The fraction of sp³-hybridized carbons (Fsp3) is 0.905. The summed E-state index contributed by atoms with van der Waals surface area (Å²) in [5.41, 5.74) is -0.145. The van der Waals surface area contributed by atoms with Gasteiger partial charge in [0.15, 0.2) is 5.79 Å². The number of rotatable bonds is 0. The molecule has 24 heavy (non-hydrogen) atoms. The van der Waals surface area contributed by atoms with Crippen LogP contribution in [0.3, 0.4) is 0 Å². The van der Waals surface area contributed by atoms with Crippen LogP contribution in [0.4, 0.5) is 0 Å². The average molecular weight is 332 g/mol. The molecule has 3 heteroatoms. The Labute approximate surface area is 145 Å². The predicted octanol–water partition coefficient (Wildman–Crippen LogP) is 2.93. The third-order valence-electron chi connectivity index (χ3n) is 9.07. The van der Waals surface area contributed by atoms with E-state index in [9.17, 15) is 15.3 Å². The molecule has 0 bridgehead atoms. The molecule has 4 rings (SSSR count). The minimum atomic E-state index is -1.50. The lowest BCUT2D eigenvalue weighted by Gasteiger charge is -2.62. The molecule has 0 aromatic heterocycles. The smallest absolute Gasteiger partial charge is 0.168 e. The number of terminal acetylenes is 1. The summed E-state index contributed by atoms with van der Waals surface area (Å²) in [6.45, 7) is 4.51. The molecule has 0 aliphatic heterocycles. The van der Waals surface area contributed by atoms with Crippen LogP contribution in [-0.4, -0.2) is 27.2 Å². The van der Waals surface area contributed by atoms with Crippen molar-refractivity contribution in [2.45, 2.75) is 77.1 Å². The standard InChI is InChI=1S/C21H32O3/c1-4-13-15-6-5-14-16(19(15,2)10-9-18(13)22)7-11-20(3)17(14)8-12-21(20,23)24/h1,13-18,22-24H,5-12H2,2-3H3/t13-,14+,15-,16-,17-,18-,19-,20-/m0/s1. The first-order valence-corrected chi connectivity index (χ1v) is 9.83. The summed E-state index contributed by atoms with van der Waals surface area (Å²) in [5, 5.41) is 31.5. The van der Waals surface area contributed by atoms with Gasteiger partial charge in [-0.1, -0.05) is 13.8 Å². The molecule has 8 atom stereocenters. The van der Waals surface area contributed by atoms with E-state index in [0.29, 0.717) is 30.1 Å². The molecule has 0 radical (unpaired) electrons. The van der Waals surface area contributed by atoms with E-state index in [1.807, 2.05) is 0 Å². The van der Waals surface area contributed by atoms with Gasteiger partial charge in [0.05, 0.1) is 6.10 Å². The van der Waals surface area contributed by atoms with Crippen molar-refractivity contribution in [1.82, 2.24) is 0 Å². The van der Waals surface area contributed by atoms with Gasteiger partial charge in [-0.15, -0.1) is 12.3 Å². The van der Waals surface area contributed by atoms with Gasteiger partial charge in [-0.05, 0) is 74.0 Å². The van der Waals surface area contributed by atoms with E-state index in [1.165, 1.54) is 0 Å². The van der Waals surface area contributed by atoms with E-state index < -0.39 is 5.79 Å². The molecule has 0 aromatic rings. The van der Waals surface area contributed by atoms with Gasteiger partial charge in [-0.3, -0.25) is 0 Å². The van der Waals surface area contributed by atoms with Crippen molar-refractivity contribution >= 4 is 0 Å². The lowest BCUT2D eigenvalue weighted by atomic mass is 9.43. The first kappa shape index (κ1) is 16.9. The molecule has 4 aliphatic rings. The van der Waals surface area contributed by atoms with Crippen molar-refractivity contribution in [3.05, 3.63) is 0 Å². The van der Waals surface area contributed by atoms with Crippen LogP contribution in [0.15, 0.2) is 0 Å². The van der Waals surface area contributed by atoms with Gasteiger partial charge >= 0.3 is 0 Å². The molecule has 4 fully saturated rings. The summed E-state index contributed by atoms with van der Waals surface area (Å²) in [7, 11) is 0. The van der Waals surface area contributed by atoms with E-state index >= 15 is 0 Å². The molecule has 0 unspecified atom stereocenters. The summed E-state index contributed by atoms with van der Waals surface area (Å²) >= 11 is 0. The van der Waals surface area contributed by atoms with Crippen molar-refractivity contribution in [2.24, 2.45) is 40.4 Å². The minimum Gasteiger partial charge on any atom is -0.392 e. The SMILES string of the molecule is C#C[C@@H]1[C@@H](O)CC[C@@]2(C)[C@H]1CC[C@@H]1[C@@H]2CC[C@@]2(C)[C@H]1CCC2(O)O. The van der Waals surface area contributed by atoms with Crippen LogP contribution in [0.5, 0.6) is 0 Å². The topological polar surface area (TPSA) is 60.7 Å². The largest absolute Gasteiger partial charge is 0.392 e. The Morgan fingerprint density at radius 2 is 1.58 bits per heavy atom. The van der Waals surface area contributed by atoms with Crippen LogP contribution in [0.2, 0.25) is 0 Å². The third kappa shape index (κ3) is 1.97. The van der Waals surface area contributed by atoms with E-state index in [1.54, 1.807) is 0 Å². The average Bonchev–Trinajstić information content (AvgIpc) is 2.78. The summed E-state index contributed by atoms with van der Waals surface area (Å²) in [4.78, 5) is 0. The van der Waals surface area contributed by atoms with Crippen LogP contribution in [0.1, 0.15) is 65.2 Å². The molecule has 3 nitrogen and oxygen atoms in total. The second kappa shape index (κ2) is 5.22. The fourth-order valence-electron chi connectivity index (χ4n) is 7.57. The highest BCUT2D eigenvalue weighted by molar-refractivity contribution is 5.15. The zero-order valence-corrected chi connectivity index (χ0v) is 15.0. The quantitative estimate of drug-likeness (QED) is 0.472. The highest BCUT2D eigenvalue weighted by Crippen LogP contribution is 2.68. The third-order valence-corrected chi connectivity index (χ3v) is 9.07. The lowest BCUT2D eigenvalue weighted by molar-refractivity contribution is -0.253. The summed E-state index contributed by atoms with van der Waals surface area (Å²) in [6.07, 6.45) is 13.0. The predicted molar refractivity (Wildman–Crippen MR) is 92.6 cm³/mol. The molecular formula is C21H32O3. The van der Waals surface area contributed by atoms with E-state index in [4.69, 9.17) is 6.42 Å². The number of hydrogen-bond donors (Lipinski definition) is 3. The first-order valence-electron chi connectivity index (χ1n) is 9.83. The van der Waals surface area contributed by atoms with Gasteiger partial charge in [0.25, 0.3) is 0 Å². The van der Waals surface area contributed by atoms with Gasteiger partial charge in [0.1, 0.15) is 0 Å². The summed E-state index contributed by atoms with van der Waals surface area (Å²) < 4.78 is 0. The van der Waals surface area contributed by atoms with Gasteiger partial charge in [-0.25, -0.2) is 0 Å². The highest BCUT2D eigenvalue weighted by atomic mass is 16.5. The maximum absolute atomic E-state index is 10.5. The van der Waals surface area contributed by atoms with Gasteiger partial charge in [0.2, 0.25) is 0 Å². The van der Waals surface area contributed by atoms with Crippen molar-refractivity contribution in [3.8, 4) is 12.3 Å². The molecule has 4 saturated carbocycles. The Morgan fingerprint density at radius 1 is 0.875 bits per heavy atom. The monoisotopic (exact) mass is 332 g/mol. The Kier molecular flexibility index (Phi) is 3.67. The number of fused-ring (bicyclic) bond motifs is 5. The van der Waals surface area contributed by atoms with Crippen LogP contribution < -0.4 is 0 Å². The van der Waals surface area contributed by atoms with Crippen molar-refractivity contribution in [1.29, 1.82) is 0 Å². The maximum atomic E-state index is 10.5. The van der Waals surface area contributed by atoms with Gasteiger partial charge < -0.3 is 15.3 Å². The second-order valence-corrected chi connectivity index (χ2v) is 9.68. The van der Waals surface area contributed by atoms with Gasteiger partial charge in [0, 0.05) is 17.8 Å². The Hall–Kier alpha value is -0.560. The summed E-state index contributed by atoms with van der Waals surface area (Å²) in [5.74, 6) is 3.45. The molecular weight excluding hydrogens is 300 g/mol. The number of aliphatic hydroxyl groups excluding tert-OH is 1. The van der Waals surface area contributed by atoms with Gasteiger partial charge in [-0.2, -0.15) is 0 Å². The molecule has 0 aromatic carbocycles. The Morgan fingerprint density at radius 3 is 2.29 bits per heavy atom. The Balaban J connectivity index is 1.66. The number of hydrogen-bond acceptors (Lipinski definition) is 3. The highest BCUT2D eigenvalue weighted by Gasteiger charge is 2.65. The molecule has 0 saturated heterocycles. The normalized spacial score (nSPS) is 55.8. The summed E-state index contributed by atoms with van der Waals surface area (Å²) in [6, 6.07) is 0. The van der Waals surface area contributed by atoms with Crippen molar-refractivity contribution < 1.29 is 15.3 Å². The zero-order chi connectivity index (χ0) is 17.3. The maximum Gasteiger partial charge on any atom is 0.168 e. The number of aliphatic hydroxyl groups is 3. The van der Waals surface area contributed by atoms with Crippen LogP contribution in [-0.2, 0) is 0 Å². The van der Waals surface area contributed by atoms with E-state index in [2.05, 4.69) is 19.8 Å². The molecule has 0 heterocycles.